The van der Waals surface area contributed by atoms with Gasteiger partial charge in [0.2, 0.25) is 11.8 Å². The van der Waals surface area contributed by atoms with Crippen LogP contribution in [0, 0.1) is 11.8 Å². The first-order valence-corrected chi connectivity index (χ1v) is 13.1. The molecule has 0 radical (unpaired) electrons. The molecule has 3 amide bonds. The largest absolute Gasteiger partial charge is 0.480 e. The van der Waals surface area contributed by atoms with E-state index in [0.717, 1.165) is 50.3 Å². The first kappa shape index (κ1) is 26.3. The van der Waals surface area contributed by atoms with Crippen molar-refractivity contribution < 1.29 is 29.4 Å². The molecule has 11 heteroatoms. The van der Waals surface area contributed by atoms with Gasteiger partial charge in [0.1, 0.15) is 12.1 Å². The molecule has 1 aromatic rings. The van der Waals surface area contributed by atoms with Gasteiger partial charge < -0.3 is 15.1 Å². The quantitative estimate of drug-likeness (QED) is 0.302. The molecule has 0 spiro atoms. The number of carbonyl (C=O) groups is 4. The number of nitrogens with zero attached hydrogens (tertiary/aromatic N) is 4. The number of likely N-dealkylation sites (tertiary alicyclic amines) is 1. The molecule has 38 heavy (non-hydrogen) atoms. The van der Waals surface area contributed by atoms with E-state index in [9.17, 15) is 29.4 Å². The van der Waals surface area contributed by atoms with E-state index in [0.29, 0.717) is 37.7 Å². The third-order valence-electron chi connectivity index (χ3n) is 8.01. The van der Waals surface area contributed by atoms with E-state index < -0.39 is 24.0 Å². The maximum absolute atomic E-state index is 12.8. The predicted molar refractivity (Wildman–Crippen MR) is 136 cm³/mol. The Morgan fingerprint density at radius 1 is 1.13 bits per heavy atom. The van der Waals surface area contributed by atoms with Crippen LogP contribution in [-0.4, -0.2) is 124 Å². The Morgan fingerprint density at radius 3 is 2.58 bits per heavy atom. The van der Waals surface area contributed by atoms with Crippen molar-refractivity contribution in [3.8, 4) is 11.8 Å². The van der Waals surface area contributed by atoms with Crippen LogP contribution >= 0.6 is 0 Å². The van der Waals surface area contributed by atoms with Gasteiger partial charge in [-0.25, -0.2) is 0 Å². The van der Waals surface area contributed by atoms with Crippen LogP contribution in [0.4, 0.5) is 0 Å². The Balaban J connectivity index is 1.05. The summed E-state index contributed by atoms with van der Waals surface area (Å²) < 4.78 is 0. The summed E-state index contributed by atoms with van der Waals surface area (Å²) >= 11 is 0. The standard InChI is InChI=1S/C27H33N5O6/c33-17-23(27(37)38)31-11-9-30(10-12-31)20-15-29(16-20)8-2-1-3-18-4-5-21-19(13-18)14-32(26(21)36)22-6-7-24(34)28-25(22)35/h4-5,13,20,22-23,33H,2,6-12,14-17H2,(H,37,38)(H,28,34,35)/t22?,23-/m1/s1. The summed E-state index contributed by atoms with van der Waals surface area (Å²) in [5, 5.41) is 20.9. The lowest BCUT2D eigenvalue weighted by Gasteiger charge is -2.48. The first-order valence-electron chi connectivity index (χ1n) is 13.1. The highest BCUT2D eigenvalue weighted by Crippen LogP contribution is 2.28. The molecule has 1 aromatic carbocycles. The average molecular weight is 524 g/mol. The van der Waals surface area contributed by atoms with Gasteiger partial charge in [-0.15, -0.1) is 0 Å². The lowest BCUT2D eigenvalue weighted by Crippen LogP contribution is -2.64. The summed E-state index contributed by atoms with van der Waals surface area (Å²) in [6.07, 6.45) is 1.31. The number of rotatable bonds is 7. The van der Waals surface area contributed by atoms with E-state index >= 15 is 0 Å². The van der Waals surface area contributed by atoms with Crippen LogP contribution in [0.25, 0.3) is 0 Å². The number of imide groups is 1. The van der Waals surface area contributed by atoms with E-state index in [2.05, 4.69) is 27.0 Å². The molecule has 0 saturated carbocycles. The minimum absolute atomic E-state index is 0.183. The van der Waals surface area contributed by atoms with Gasteiger partial charge in [-0.2, -0.15) is 0 Å². The monoisotopic (exact) mass is 523 g/mol. The van der Waals surface area contributed by atoms with Crippen molar-refractivity contribution in [2.45, 2.75) is 43.9 Å². The van der Waals surface area contributed by atoms with E-state index in [4.69, 9.17) is 0 Å². The maximum atomic E-state index is 12.8. The molecular formula is C27H33N5O6. The fraction of sp³-hybridized carbons (Fsp3) is 0.556. The third kappa shape index (κ3) is 5.44. The van der Waals surface area contributed by atoms with Crippen LogP contribution in [0.3, 0.4) is 0 Å². The second-order valence-corrected chi connectivity index (χ2v) is 10.3. The number of hydrogen-bond acceptors (Lipinski definition) is 8. The Morgan fingerprint density at radius 2 is 1.89 bits per heavy atom. The van der Waals surface area contributed by atoms with Crippen molar-refractivity contribution in [3.05, 3.63) is 34.9 Å². The zero-order chi connectivity index (χ0) is 26.8. The van der Waals surface area contributed by atoms with E-state index in [-0.39, 0.29) is 24.8 Å². The Kier molecular flexibility index (Phi) is 7.76. The second kappa shape index (κ2) is 11.2. The summed E-state index contributed by atoms with van der Waals surface area (Å²) in [7, 11) is 0. The van der Waals surface area contributed by atoms with Crippen molar-refractivity contribution in [3.63, 3.8) is 0 Å². The Hall–Kier alpha value is -3.30. The highest BCUT2D eigenvalue weighted by Gasteiger charge is 2.39. The van der Waals surface area contributed by atoms with E-state index in [1.165, 1.54) is 0 Å². The Bertz CT molecular complexity index is 1180. The van der Waals surface area contributed by atoms with Gasteiger partial charge in [0.15, 0.2) is 0 Å². The molecule has 5 rings (SSSR count). The topological polar surface area (TPSA) is 134 Å². The van der Waals surface area contributed by atoms with Crippen LogP contribution in [0.5, 0.6) is 0 Å². The van der Waals surface area contributed by atoms with Gasteiger partial charge in [-0.1, -0.05) is 11.8 Å². The van der Waals surface area contributed by atoms with Gasteiger partial charge in [0.25, 0.3) is 5.91 Å². The van der Waals surface area contributed by atoms with Gasteiger partial charge in [-0.3, -0.25) is 39.2 Å². The number of fused-ring (bicyclic) bond motifs is 1. The van der Waals surface area contributed by atoms with E-state index in [1.807, 2.05) is 17.0 Å². The number of hydrogen-bond donors (Lipinski definition) is 3. The van der Waals surface area contributed by atoms with Crippen LogP contribution in [0.2, 0.25) is 0 Å². The molecular weight excluding hydrogens is 490 g/mol. The highest BCUT2D eigenvalue weighted by atomic mass is 16.4. The lowest BCUT2D eigenvalue weighted by atomic mass is 10.0. The number of benzene rings is 1. The van der Waals surface area contributed by atoms with Crippen LogP contribution in [0.1, 0.15) is 40.7 Å². The minimum atomic E-state index is -0.973. The number of piperazine rings is 1. The number of piperidine rings is 1. The zero-order valence-corrected chi connectivity index (χ0v) is 21.3. The molecule has 202 valence electrons. The van der Waals surface area contributed by atoms with Crippen molar-refractivity contribution in [1.29, 1.82) is 0 Å². The maximum Gasteiger partial charge on any atom is 0.323 e. The number of amides is 3. The van der Waals surface area contributed by atoms with Crippen LogP contribution in [-0.2, 0) is 20.9 Å². The molecule has 11 nitrogen and oxygen atoms in total. The number of carbonyl (C=O) groups excluding carboxylic acids is 3. The fourth-order valence-electron chi connectivity index (χ4n) is 5.75. The van der Waals surface area contributed by atoms with Crippen molar-refractivity contribution >= 4 is 23.7 Å². The summed E-state index contributed by atoms with van der Waals surface area (Å²) in [5.74, 6) is 4.56. The number of aliphatic carboxylic acids is 1. The minimum Gasteiger partial charge on any atom is -0.480 e. The third-order valence-corrected chi connectivity index (χ3v) is 8.01. The normalized spacial score (nSPS) is 23.9. The van der Waals surface area contributed by atoms with E-state index in [1.54, 1.807) is 11.0 Å². The zero-order valence-electron chi connectivity index (χ0n) is 21.3. The van der Waals surface area contributed by atoms with Gasteiger partial charge in [-0.05, 0) is 30.2 Å². The molecule has 2 atom stereocenters. The molecule has 3 N–H and O–H groups in total. The summed E-state index contributed by atoms with van der Waals surface area (Å²) in [6, 6.07) is 4.56. The predicted octanol–water partition coefficient (Wildman–Crippen LogP) is -1.06. The second-order valence-electron chi connectivity index (χ2n) is 10.3. The molecule has 3 saturated heterocycles. The molecule has 4 aliphatic heterocycles. The Labute approximate surface area is 221 Å². The highest BCUT2D eigenvalue weighted by molar-refractivity contribution is 6.05. The number of carboxylic acids is 1. The number of aliphatic hydroxyl groups excluding tert-OH is 1. The fourth-order valence-corrected chi connectivity index (χ4v) is 5.75. The molecule has 4 aliphatic rings. The molecule has 0 aromatic heterocycles. The van der Waals surface area contributed by atoms with Crippen molar-refractivity contribution in [1.82, 2.24) is 24.9 Å². The van der Waals surface area contributed by atoms with Crippen molar-refractivity contribution in [2.75, 3.05) is 52.4 Å². The first-order chi connectivity index (χ1) is 18.3. The van der Waals surface area contributed by atoms with Crippen LogP contribution < -0.4 is 5.32 Å². The SMILES string of the molecule is O=C1CCC(N2Cc3cc(C#CCCN4CC(N5CCN([C@H](CO)C(=O)O)CC5)C4)ccc3C2=O)C(=O)N1. The van der Waals surface area contributed by atoms with Gasteiger partial charge in [0, 0.05) is 82.4 Å². The molecule has 0 bridgehead atoms. The molecule has 4 heterocycles. The summed E-state index contributed by atoms with van der Waals surface area (Å²) in [4.78, 5) is 55.9. The molecule has 0 aliphatic carbocycles. The summed E-state index contributed by atoms with van der Waals surface area (Å²) in [5.41, 5.74) is 2.27. The number of nitrogens with one attached hydrogen (secondary N) is 1. The lowest BCUT2D eigenvalue weighted by molar-refractivity contribution is -0.146. The molecule has 3 fully saturated rings. The van der Waals surface area contributed by atoms with Gasteiger partial charge in [0.05, 0.1) is 6.61 Å². The average Bonchev–Trinajstić information content (AvgIpc) is 3.19. The van der Waals surface area contributed by atoms with Gasteiger partial charge >= 0.3 is 5.97 Å². The smallest absolute Gasteiger partial charge is 0.323 e. The number of aliphatic hydroxyl groups is 1. The number of carboxylic acid groups (broad SMARTS) is 1. The van der Waals surface area contributed by atoms with Crippen molar-refractivity contribution in [2.24, 2.45) is 0 Å². The summed E-state index contributed by atoms with van der Waals surface area (Å²) in [6.45, 7) is 5.72. The van der Waals surface area contributed by atoms with Crippen LogP contribution in [0.15, 0.2) is 18.2 Å². The molecule has 1 unspecified atom stereocenters.